The Bertz CT molecular complexity index is 1150. The van der Waals surface area contributed by atoms with Crippen LogP contribution < -0.4 is 10.5 Å². The zero-order chi connectivity index (χ0) is 21.3. The molecule has 0 spiro atoms. The lowest BCUT2D eigenvalue weighted by atomic mass is 10.1. The number of amides is 1. The SMILES string of the molecule is Cc1ccc(-n2nc(N3CCN(C(=O)c4ccccc4Br)CC3)ccc2=O)cc1C. The van der Waals surface area contributed by atoms with Crippen LogP contribution in [-0.2, 0) is 0 Å². The molecular weight excluding hydrogens is 444 g/mol. The van der Waals surface area contributed by atoms with Crippen LogP contribution in [0.25, 0.3) is 5.69 Å². The number of rotatable bonds is 3. The number of piperazine rings is 1. The maximum atomic E-state index is 12.8. The number of hydrogen-bond acceptors (Lipinski definition) is 4. The lowest BCUT2D eigenvalue weighted by Crippen LogP contribution is -2.49. The lowest BCUT2D eigenvalue weighted by Gasteiger charge is -2.35. The first kappa shape index (κ1) is 20.3. The summed E-state index contributed by atoms with van der Waals surface area (Å²) >= 11 is 3.46. The number of aryl methyl sites for hydroxylation is 2. The predicted octanol–water partition coefficient (Wildman–Crippen LogP) is 3.57. The molecule has 30 heavy (non-hydrogen) atoms. The van der Waals surface area contributed by atoms with E-state index in [1.807, 2.05) is 61.2 Å². The molecule has 1 aliphatic rings. The predicted molar refractivity (Wildman–Crippen MR) is 122 cm³/mol. The minimum atomic E-state index is -0.162. The summed E-state index contributed by atoms with van der Waals surface area (Å²) in [6.45, 7) is 6.59. The molecule has 0 N–H and O–H groups in total. The largest absolute Gasteiger partial charge is 0.352 e. The highest BCUT2D eigenvalue weighted by atomic mass is 79.9. The molecule has 2 aromatic carbocycles. The van der Waals surface area contributed by atoms with Gasteiger partial charge in [0.2, 0.25) is 0 Å². The fraction of sp³-hybridized carbons (Fsp3) is 0.261. The van der Waals surface area contributed by atoms with Gasteiger partial charge in [-0.15, -0.1) is 5.10 Å². The van der Waals surface area contributed by atoms with Crippen LogP contribution in [0.5, 0.6) is 0 Å². The lowest BCUT2D eigenvalue weighted by molar-refractivity contribution is 0.0745. The van der Waals surface area contributed by atoms with Crippen LogP contribution in [0.3, 0.4) is 0 Å². The Hall–Kier alpha value is -2.93. The molecular formula is C23H23BrN4O2. The maximum Gasteiger partial charge on any atom is 0.271 e. The van der Waals surface area contributed by atoms with Crippen molar-refractivity contribution >= 4 is 27.7 Å². The van der Waals surface area contributed by atoms with Crippen molar-refractivity contribution in [3.05, 3.63) is 86.1 Å². The average Bonchev–Trinajstić information content (AvgIpc) is 2.76. The number of nitrogens with zero attached hydrogens (tertiary/aromatic N) is 4. The molecule has 154 valence electrons. The first-order valence-electron chi connectivity index (χ1n) is 9.91. The van der Waals surface area contributed by atoms with Gasteiger partial charge >= 0.3 is 0 Å². The maximum absolute atomic E-state index is 12.8. The molecule has 1 aliphatic heterocycles. The van der Waals surface area contributed by atoms with E-state index < -0.39 is 0 Å². The van der Waals surface area contributed by atoms with E-state index in [2.05, 4.69) is 25.9 Å². The summed E-state index contributed by atoms with van der Waals surface area (Å²) in [6, 6.07) is 16.7. The summed E-state index contributed by atoms with van der Waals surface area (Å²) in [5.41, 5.74) is 3.56. The highest BCUT2D eigenvalue weighted by Gasteiger charge is 2.24. The molecule has 0 atom stereocenters. The van der Waals surface area contributed by atoms with Crippen molar-refractivity contribution in [1.29, 1.82) is 0 Å². The summed E-state index contributed by atoms with van der Waals surface area (Å²) in [5, 5.41) is 4.60. The normalized spacial score (nSPS) is 14.1. The minimum absolute atomic E-state index is 0.0233. The third kappa shape index (κ3) is 4.03. The Balaban J connectivity index is 1.51. The van der Waals surface area contributed by atoms with Crippen molar-refractivity contribution in [2.45, 2.75) is 13.8 Å². The van der Waals surface area contributed by atoms with Crippen LogP contribution >= 0.6 is 15.9 Å². The Morgan fingerprint density at radius 3 is 2.37 bits per heavy atom. The zero-order valence-corrected chi connectivity index (χ0v) is 18.6. The monoisotopic (exact) mass is 466 g/mol. The second-order valence-corrected chi connectivity index (χ2v) is 8.32. The summed E-state index contributed by atoms with van der Waals surface area (Å²) in [5.74, 6) is 0.760. The molecule has 1 saturated heterocycles. The summed E-state index contributed by atoms with van der Waals surface area (Å²) < 4.78 is 2.25. The molecule has 0 radical (unpaired) electrons. The molecule has 0 unspecified atom stereocenters. The van der Waals surface area contributed by atoms with Crippen LogP contribution in [0.1, 0.15) is 21.5 Å². The van der Waals surface area contributed by atoms with Crippen LogP contribution in [-0.4, -0.2) is 46.8 Å². The Labute approximate surface area is 183 Å². The number of halogens is 1. The third-order valence-electron chi connectivity index (χ3n) is 5.52. The zero-order valence-electron chi connectivity index (χ0n) is 17.0. The smallest absolute Gasteiger partial charge is 0.271 e. The van der Waals surface area contributed by atoms with Gasteiger partial charge in [0.15, 0.2) is 0 Å². The van der Waals surface area contributed by atoms with E-state index in [0.29, 0.717) is 31.7 Å². The van der Waals surface area contributed by atoms with Crippen molar-refractivity contribution in [2.24, 2.45) is 0 Å². The minimum Gasteiger partial charge on any atom is -0.352 e. The summed E-state index contributed by atoms with van der Waals surface area (Å²) in [7, 11) is 0. The standard InChI is InChI=1S/C23H23BrN4O2/c1-16-7-8-18(15-17(16)2)28-22(29)10-9-21(25-28)26-11-13-27(14-12-26)23(30)19-5-3-4-6-20(19)24/h3-10,15H,11-14H2,1-2H3. The van der Waals surface area contributed by atoms with Crippen LogP contribution in [0.15, 0.2) is 63.9 Å². The van der Waals surface area contributed by atoms with Crippen LogP contribution in [0.4, 0.5) is 5.82 Å². The number of benzene rings is 2. The number of carbonyl (C=O) groups excluding carboxylic acids is 1. The quantitative estimate of drug-likeness (QED) is 0.591. The first-order valence-corrected chi connectivity index (χ1v) is 10.7. The molecule has 0 saturated carbocycles. The van der Waals surface area contributed by atoms with Crippen LogP contribution in [0, 0.1) is 13.8 Å². The van der Waals surface area contributed by atoms with Gasteiger partial charge < -0.3 is 9.80 Å². The van der Waals surface area contributed by atoms with Gasteiger partial charge in [-0.25, -0.2) is 0 Å². The van der Waals surface area contributed by atoms with Gasteiger partial charge in [-0.05, 0) is 71.2 Å². The van der Waals surface area contributed by atoms with Crippen molar-refractivity contribution < 1.29 is 4.79 Å². The van der Waals surface area contributed by atoms with Gasteiger partial charge in [-0.3, -0.25) is 9.59 Å². The molecule has 6 nitrogen and oxygen atoms in total. The van der Waals surface area contributed by atoms with Gasteiger partial charge in [0, 0.05) is 36.7 Å². The van der Waals surface area contributed by atoms with E-state index >= 15 is 0 Å². The van der Waals surface area contributed by atoms with Gasteiger partial charge in [0.25, 0.3) is 11.5 Å². The Kier molecular flexibility index (Phi) is 5.72. The first-order chi connectivity index (χ1) is 14.4. The Morgan fingerprint density at radius 1 is 0.933 bits per heavy atom. The van der Waals surface area contributed by atoms with Gasteiger partial charge in [-0.1, -0.05) is 18.2 Å². The summed E-state index contributed by atoms with van der Waals surface area (Å²) in [6.07, 6.45) is 0. The fourth-order valence-electron chi connectivity index (χ4n) is 3.56. The highest BCUT2D eigenvalue weighted by Crippen LogP contribution is 2.20. The third-order valence-corrected chi connectivity index (χ3v) is 6.21. The van der Waals surface area contributed by atoms with E-state index in [1.165, 1.54) is 10.2 Å². The second-order valence-electron chi connectivity index (χ2n) is 7.47. The van der Waals surface area contributed by atoms with Crippen molar-refractivity contribution in [3.8, 4) is 5.69 Å². The van der Waals surface area contributed by atoms with E-state index in [1.54, 1.807) is 12.1 Å². The molecule has 1 fully saturated rings. The topological polar surface area (TPSA) is 58.4 Å². The number of hydrogen-bond donors (Lipinski definition) is 0. The fourth-order valence-corrected chi connectivity index (χ4v) is 4.01. The van der Waals surface area contributed by atoms with Gasteiger partial charge in [0.1, 0.15) is 5.82 Å². The van der Waals surface area contributed by atoms with E-state index in [9.17, 15) is 9.59 Å². The number of anilines is 1. The molecule has 0 bridgehead atoms. The van der Waals surface area contributed by atoms with Gasteiger partial charge in [0.05, 0.1) is 11.3 Å². The van der Waals surface area contributed by atoms with E-state index in [4.69, 9.17) is 0 Å². The van der Waals surface area contributed by atoms with E-state index in [0.717, 1.165) is 21.5 Å². The number of carbonyl (C=O) groups is 1. The molecule has 7 heteroatoms. The average molecular weight is 467 g/mol. The molecule has 0 aliphatic carbocycles. The summed E-state index contributed by atoms with van der Waals surface area (Å²) in [4.78, 5) is 29.2. The highest BCUT2D eigenvalue weighted by molar-refractivity contribution is 9.10. The van der Waals surface area contributed by atoms with E-state index in [-0.39, 0.29) is 11.5 Å². The molecule has 3 aromatic rings. The van der Waals surface area contributed by atoms with Crippen molar-refractivity contribution in [3.63, 3.8) is 0 Å². The molecule has 2 heterocycles. The van der Waals surface area contributed by atoms with Crippen molar-refractivity contribution in [1.82, 2.24) is 14.7 Å². The van der Waals surface area contributed by atoms with Crippen molar-refractivity contribution in [2.75, 3.05) is 31.1 Å². The molecule has 4 rings (SSSR count). The van der Waals surface area contributed by atoms with Gasteiger partial charge in [-0.2, -0.15) is 4.68 Å². The Morgan fingerprint density at radius 2 is 1.67 bits per heavy atom. The molecule has 1 aromatic heterocycles. The number of aromatic nitrogens is 2. The second kappa shape index (κ2) is 8.44. The molecule has 1 amide bonds. The van der Waals surface area contributed by atoms with Crippen LogP contribution in [0.2, 0.25) is 0 Å².